The third kappa shape index (κ3) is 2.39. The number of carbonyl (C=O) groups is 2. The van der Waals surface area contributed by atoms with Crippen LogP contribution >= 0.6 is 15.9 Å². The van der Waals surface area contributed by atoms with Crippen LogP contribution in [0.15, 0.2) is 22.7 Å². The van der Waals surface area contributed by atoms with Gasteiger partial charge in [0.05, 0.1) is 6.42 Å². The molecule has 1 aromatic carbocycles. The molecule has 0 aromatic heterocycles. The van der Waals surface area contributed by atoms with E-state index in [0.717, 1.165) is 28.6 Å². The number of nitrogens with one attached hydrogen (secondary N) is 1. The fraction of sp³-hybridized carbons (Fsp3) is 0.429. The lowest BCUT2D eigenvalue weighted by Gasteiger charge is -2.15. The molecule has 100 valence electrons. The molecule has 4 nitrogen and oxygen atoms in total. The fourth-order valence-electron chi connectivity index (χ4n) is 2.42. The number of amides is 2. The van der Waals surface area contributed by atoms with Crippen molar-refractivity contribution >= 4 is 33.4 Å². The summed E-state index contributed by atoms with van der Waals surface area (Å²) in [6.45, 7) is 1.99. The molecule has 1 aliphatic carbocycles. The molecule has 0 spiro atoms. The highest BCUT2D eigenvalue weighted by molar-refractivity contribution is 9.10. The molecule has 19 heavy (non-hydrogen) atoms. The number of likely N-dealkylation sites (tertiary alicyclic amines) is 1. The largest absolute Gasteiger partial charge is 0.373 e. The van der Waals surface area contributed by atoms with Gasteiger partial charge in [0.2, 0.25) is 5.91 Å². The summed E-state index contributed by atoms with van der Waals surface area (Å²) in [5.41, 5.74) is 1.98. The van der Waals surface area contributed by atoms with Crippen molar-refractivity contribution in [3.05, 3.63) is 28.2 Å². The Balaban J connectivity index is 1.74. The van der Waals surface area contributed by atoms with Crippen molar-refractivity contribution in [1.82, 2.24) is 4.90 Å². The number of halogens is 1. The van der Waals surface area contributed by atoms with Crippen LogP contribution in [0.1, 0.15) is 24.8 Å². The number of carbonyl (C=O) groups excluding carboxylic acids is 2. The molecule has 1 saturated carbocycles. The van der Waals surface area contributed by atoms with Gasteiger partial charge < -0.3 is 5.32 Å². The van der Waals surface area contributed by atoms with Crippen LogP contribution in [-0.2, 0) is 9.59 Å². The quantitative estimate of drug-likeness (QED) is 0.870. The van der Waals surface area contributed by atoms with Gasteiger partial charge in [0.1, 0.15) is 6.04 Å². The molecule has 0 bridgehead atoms. The van der Waals surface area contributed by atoms with Gasteiger partial charge in [-0.2, -0.15) is 0 Å². The Morgan fingerprint density at radius 2 is 2.05 bits per heavy atom. The van der Waals surface area contributed by atoms with E-state index in [1.54, 1.807) is 0 Å². The number of imide groups is 1. The SMILES string of the molecule is Cc1cc(NC2CC(=O)N(C3CC3)C2=O)ccc1Br. The fourth-order valence-corrected chi connectivity index (χ4v) is 2.66. The van der Waals surface area contributed by atoms with E-state index in [9.17, 15) is 9.59 Å². The monoisotopic (exact) mass is 322 g/mol. The zero-order chi connectivity index (χ0) is 13.6. The lowest BCUT2D eigenvalue weighted by atomic mass is 10.2. The van der Waals surface area contributed by atoms with Crippen molar-refractivity contribution in [1.29, 1.82) is 0 Å². The third-order valence-electron chi connectivity index (χ3n) is 3.59. The number of hydrogen-bond donors (Lipinski definition) is 1. The van der Waals surface area contributed by atoms with Crippen molar-refractivity contribution < 1.29 is 9.59 Å². The van der Waals surface area contributed by atoms with Crippen molar-refractivity contribution in [2.75, 3.05) is 5.32 Å². The number of anilines is 1. The Morgan fingerprint density at radius 1 is 1.32 bits per heavy atom. The molecule has 1 unspecified atom stereocenters. The standard InChI is InChI=1S/C14H15BrN2O2/c1-8-6-9(2-5-11(8)15)16-12-7-13(18)17(14(12)19)10-3-4-10/h2,5-6,10,12,16H,3-4,7H2,1H3. The molecule has 2 aliphatic rings. The Morgan fingerprint density at radius 3 is 2.68 bits per heavy atom. The molecule has 0 radical (unpaired) electrons. The highest BCUT2D eigenvalue weighted by Gasteiger charge is 2.46. The van der Waals surface area contributed by atoms with Crippen molar-refractivity contribution in [2.24, 2.45) is 0 Å². The molecule has 1 aliphatic heterocycles. The van der Waals surface area contributed by atoms with Crippen LogP contribution in [0.2, 0.25) is 0 Å². The van der Waals surface area contributed by atoms with Gasteiger partial charge >= 0.3 is 0 Å². The van der Waals surface area contributed by atoms with E-state index in [2.05, 4.69) is 21.2 Å². The number of aryl methyl sites for hydroxylation is 1. The second kappa shape index (κ2) is 4.63. The van der Waals surface area contributed by atoms with E-state index >= 15 is 0 Å². The second-order valence-corrected chi connectivity index (χ2v) is 6.05. The summed E-state index contributed by atoms with van der Waals surface area (Å²) < 4.78 is 1.03. The van der Waals surface area contributed by atoms with E-state index in [0.29, 0.717) is 0 Å². The maximum atomic E-state index is 12.2. The summed E-state index contributed by atoms with van der Waals surface area (Å²) in [5, 5.41) is 3.17. The van der Waals surface area contributed by atoms with E-state index in [1.165, 1.54) is 4.90 Å². The summed E-state index contributed by atoms with van der Waals surface area (Å²) in [4.78, 5) is 25.5. The number of rotatable bonds is 3. The van der Waals surface area contributed by atoms with E-state index in [-0.39, 0.29) is 24.3 Å². The van der Waals surface area contributed by atoms with Crippen molar-refractivity contribution in [3.8, 4) is 0 Å². The zero-order valence-corrected chi connectivity index (χ0v) is 12.2. The van der Waals surface area contributed by atoms with Crippen LogP contribution in [-0.4, -0.2) is 28.8 Å². The average Bonchev–Trinajstić information content (AvgIpc) is 3.13. The molecule has 1 heterocycles. The molecule has 2 amide bonds. The summed E-state index contributed by atoms with van der Waals surface area (Å²) in [7, 11) is 0. The summed E-state index contributed by atoms with van der Waals surface area (Å²) >= 11 is 3.44. The smallest absolute Gasteiger partial charge is 0.252 e. The van der Waals surface area contributed by atoms with Crippen LogP contribution in [0, 0.1) is 6.92 Å². The number of nitrogens with zero attached hydrogens (tertiary/aromatic N) is 1. The van der Waals surface area contributed by atoms with Crippen LogP contribution in [0.25, 0.3) is 0 Å². The number of benzene rings is 1. The minimum Gasteiger partial charge on any atom is -0.373 e. The van der Waals surface area contributed by atoms with Gasteiger partial charge in [-0.25, -0.2) is 0 Å². The minimum atomic E-state index is -0.409. The topological polar surface area (TPSA) is 49.4 Å². The Bertz CT molecular complexity index is 554. The van der Waals surface area contributed by atoms with Crippen LogP contribution in [0.4, 0.5) is 5.69 Å². The van der Waals surface area contributed by atoms with E-state index < -0.39 is 6.04 Å². The van der Waals surface area contributed by atoms with Gasteiger partial charge in [-0.1, -0.05) is 15.9 Å². The molecule has 3 rings (SSSR count). The van der Waals surface area contributed by atoms with Gasteiger partial charge in [0.25, 0.3) is 5.91 Å². The van der Waals surface area contributed by atoms with Crippen LogP contribution in [0.3, 0.4) is 0 Å². The first kappa shape index (κ1) is 12.7. The highest BCUT2D eigenvalue weighted by Crippen LogP contribution is 2.32. The normalized spacial score (nSPS) is 23.1. The summed E-state index contributed by atoms with van der Waals surface area (Å²) in [5.74, 6) is -0.119. The Kier molecular flexibility index (Phi) is 3.09. The van der Waals surface area contributed by atoms with E-state index in [1.807, 2.05) is 25.1 Å². The molecule has 5 heteroatoms. The molecule has 1 saturated heterocycles. The lowest BCUT2D eigenvalue weighted by molar-refractivity contribution is -0.139. The molecule has 2 fully saturated rings. The van der Waals surface area contributed by atoms with Gasteiger partial charge in [-0.3, -0.25) is 14.5 Å². The molecule has 1 aromatic rings. The van der Waals surface area contributed by atoms with Gasteiger partial charge in [-0.05, 0) is 43.5 Å². The highest BCUT2D eigenvalue weighted by atomic mass is 79.9. The Hall–Kier alpha value is -1.36. The molecular formula is C14H15BrN2O2. The number of hydrogen-bond acceptors (Lipinski definition) is 3. The maximum absolute atomic E-state index is 12.2. The first-order chi connectivity index (χ1) is 9.06. The van der Waals surface area contributed by atoms with Gasteiger partial charge in [-0.15, -0.1) is 0 Å². The predicted octanol–water partition coefficient (Wildman–Crippen LogP) is 2.46. The predicted molar refractivity (Wildman–Crippen MR) is 75.8 cm³/mol. The summed E-state index contributed by atoms with van der Waals surface area (Å²) in [6, 6.07) is 5.58. The van der Waals surface area contributed by atoms with E-state index in [4.69, 9.17) is 0 Å². The average molecular weight is 323 g/mol. The maximum Gasteiger partial charge on any atom is 0.252 e. The van der Waals surface area contributed by atoms with Gasteiger partial charge in [0, 0.05) is 16.2 Å². The Labute approximate surface area is 120 Å². The molecule has 1 atom stereocenters. The first-order valence-corrected chi connectivity index (χ1v) is 7.24. The third-order valence-corrected chi connectivity index (χ3v) is 4.48. The van der Waals surface area contributed by atoms with Crippen molar-refractivity contribution in [3.63, 3.8) is 0 Å². The lowest BCUT2D eigenvalue weighted by Crippen LogP contribution is -2.36. The zero-order valence-electron chi connectivity index (χ0n) is 10.6. The minimum absolute atomic E-state index is 0.0427. The van der Waals surface area contributed by atoms with Crippen LogP contribution < -0.4 is 5.32 Å². The van der Waals surface area contributed by atoms with Gasteiger partial charge in [0.15, 0.2) is 0 Å². The van der Waals surface area contributed by atoms with Crippen LogP contribution in [0.5, 0.6) is 0 Å². The second-order valence-electron chi connectivity index (χ2n) is 5.20. The first-order valence-electron chi connectivity index (χ1n) is 6.45. The molecule has 1 N–H and O–H groups in total. The summed E-state index contributed by atoms with van der Waals surface area (Å²) in [6.07, 6.45) is 2.19. The van der Waals surface area contributed by atoms with Crippen molar-refractivity contribution in [2.45, 2.75) is 38.3 Å². The molecular weight excluding hydrogens is 308 g/mol.